The molecule has 2 N–H and O–H groups in total. The van der Waals surface area contributed by atoms with Gasteiger partial charge in [0.05, 0.1) is 0 Å². The van der Waals surface area contributed by atoms with Gasteiger partial charge in [0.15, 0.2) is 0 Å². The highest BCUT2D eigenvalue weighted by Gasteiger charge is 2.00. The lowest BCUT2D eigenvalue weighted by molar-refractivity contribution is 0.140. The number of hydrogen-bond acceptors (Lipinski definition) is 3. The van der Waals surface area contributed by atoms with Gasteiger partial charge >= 0.3 is 6.09 Å². The Morgan fingerprint density at radius 3 is 2.52 bits per heavy atom. The lowest BCUT2D eigenvalue weighted by Crippen LogP contribution is -2.24. The number of amides is 1. The van der Waals surface area contributed by atoms with Crippen molar-refractivity contribution in [3.63, 3.8) is 0 Å². The Balaban J connectivity index is 1.64. The quantitative estimate of drug-likeness (QED) is 0.602. The number of carbonyl (C=O) groups excluding carboxylic acids is 1. The lowest BCUT2D eigenvalue weighted by Gasteiger charge is -2.05. The van der Waals surface area contributed by atoms with Crippen LogP contribution >= 0.6 is 0 Å². The fourth-order valence-corrected chi connectivity index (χ4v) is 2.20. The average Bonchev–Trinajstić information content (AvgIpc) is 2.66. The second-order valence-corrected chi connectivity index (χ2v) is 5.56. The van der Waals surface area contributed by atoms with Gasteiger partial charge in [0.25, 0.3) is 0 Å². The molecule has 0 bridgehead atoms. The molecular weight excluding hydrogens is 314 g/mol. The average molecular weight is 337 g/mol. The fourth-order valence-electron chi connectivity index (χ4n) is 2.20. The molecule has 2 rings (SSSR count). The predicted molar refractivity (Wildman–Crippen MR) is 98.0 cm³/mol. The molecule has 0 radical (unpaired) electrons. The summed E-state index contributed by atoms with van der Waals surface area (Å²) in [5.74, 6) is 6.10. The molecule has 0 aromatic heterocycles. The van der Waals surface area contributed by atoms with Crippen molar-refractivity contribution in [2.45, 2.75) is 25.9 Å². The van der Waals surface area contributed by atoms with E-state index in [0.29, 0.717) is 13.0 Å². The van der Waals surface area contributed by atoms with E-state index >= 15 is 0 Å². The van der Waals surface area contributed by atoms with Crippen LogP contribution in [0.2, 0.25) is 0 Å². The van der Waals surface area contributed by atoms with Crippen molar-refractivity contribution in [1.29, 1.82) is 0 Å². The van der Waals surface area contributed by atoms with Crippen LogP contribution in [-0.2, 0) is 17.8 Å². The Hall–Kier alpha value is -2.77. The summed E-state index contributed by atoms with van der Waals surface area (Å²) in [6.45, 7) is 0.929. The fraction of sp³-hybridized carbons (Fsp3) is 0.286. The van der Waals surface area contributed by atoms with Crippen molar-refractivity contribution in [2.75, 3.05) is 13.2 Å². The SMILES string of the molecule is O=C(NCCC#Cc1ccc(CCCO)cc1)OCc1ccccc1. The molecule has 0 spiro atoms. The summed E-state index contributed by atoms with van der Waals surface area (Å²) in [5.41, 5.74) is 3.10. The van der Waals surface area contributed by atoms with E-state index in [1.54, 1.807) is 0 Å². The summed E-state index contributed by atoms with van der Waals surface area (Å²) in [4.78, 5) is 11.6. The number of aliphatic hydroxyl groups is 1. The maximum Gasteiger partial charge on any atom is 0.407 e. The third kappa shape index (κ3) is 7.56. The van der Waals surface area contributed by atoms with Crippen LogP contribution < -0.4 is 5.32 Å². The number of hydrogen-bond donors (Lipinski definition) is 2. The normalized spacial score (nSPS) is 9.80. The monoisotopic (exact) mass is 337 g/mol. The van der Waals surface area contributed by atoms with Gasteiger partial charge < -0.3 is 15.2 Å². The second-order valence-electron chi connectivity index (χ2n) is 5.56. The van der Waals surface area contributed by atoms with E-state index in [1.165, 1.54) is 5.56 Å². The van der Waals surface area contributed by atoms with Crippen molar-refractivity contribution in [2.24, 2.45) is 0 Å². The molecule has 0 fully saturated rings. The first-order valence-electron chi connectivity index (χ1n) is 8.41. The van der Waals surface area contributed by atoms with Gasteiger partial charge in [-0.05, 0) is 36.1 Å². The molecule has 1 amide bonds. The first kappa shape index (κ1) is 18.6. The second kappa shape index (κ2) is 10.9. The van der Waals surface area contributed by atoms with E-state index in [9.17, 15) is 4.79 Å². The molecule has 2 aromatic rings. The molecule has 0 atom stereocenters. The molecule has 0 saturated heterocycles. The maximum atomic E-state index is 11.6. The maximum absolute atomic E-state index is 11.6. The molecule has 0 aliphatic carbocycles. The smallest absolute Gasteiger partial charge is 0.407 e. The number of carbonyl (C=O) groups is 1. The van der Waals surface area contributed by atoms with Gasteiger partial charge in [-0.15, -0.1) is 0 Å². The topological polar surface area (TPSA) is 58.6 Å². The largest absolute Gasteiger partial charge is 0.445 e. The van der Waals surface area contributed by atoms with Crippen LogP contribution in [-0.4, -0.2) is 24.4 Å². The molecule has 4 nitrogen and oxygen atoms in total. The highest BCUT2D eigenvalue weighted by atomic mass is 16.5. The Labute approximate surface area is 148 Å². The number of nitrogens with one attached hydrogen (secondary N) is 1. The van der Waals surface area contributed by atoms with Gasteiger partial charge in [-0.3, -0.25) is 0 Å². The van der Waals surface area contributed by atoms with Crippen LogP contribution in [0.1, 0.15) is 29.5 Å². The molecule has 2 aromatic carbocycles. The van der Waals surface area contributed by atoms with Crippen LogP contribution in [0.25, 0.3) is 0 Å². The molecule has 0 aliphatic heterocycles. The zero-order valence-corrected chi connectivity index (χ0v) is 14.2. The van der Waals surface area contributed by atoms with Gasteiger partial charge in [-0.25, -0.2) is 4.79 Å². The van der Waals surface area contributed by atoms with Crippen LogP contribution in [0.5, 0.6) is 0 Å². The number of benzene rings is 2. The highest BCUT2D eigenvalue weighted by Crippen LogP contribution is 2.05. The van der Waals surface area contributed by atoms with E-state index in [0.717, 1.165) is 24.0 Å². The summed E-state index contributed by atoms with van der Waals surface area (Å²) < 4.78 is 5.12. The number of rotatable bonds is 7. The minimum absolute atomic E-state index is 0.211. The molecule has 4 heteroatoms. The van der Waals surface area contributed by atoms with Crippen molar-refractivity contribution in [3.8, 4) is 11.8 Å². The molecule has 0 unspecified atom stereocenters. The molecule has 130 valence electrons. The summed E-state index contributed by atoms with van der Waals surface area (Å²) in [6, 6.07) is 17.6. The standard InChI is InChI=1S/C21H23NO3/c23-16-6-10-19-13-11-18(12-14-19)7-4-5-15-22-21(24)25-17-20-8-2-1-3-9-20/h1-3,8-9,11-14,23H,5-6,10,15-17H2,(H,22,24). The van der Waals surface area contributed by atoms with E-state index in [4.69, 9.17) is 9.84 Å². The van der Waals surface area contributed by atoms with Gasteiger partial charge in [-0.2, -0.15) is 0 Å². The minimum atomic E-state index is -0.432. The zero-order valence-electron chi connectivity index (χ0n) is 14.2. The van der Waals surface area contributed by atoms with Crippen LogP contribution in [0.15, 0.2) is 54.6 Å². The van der Waals surface area contributed by atoms with Crippen molar-refractivity contribution >= 4 is 6.09 Å². The van der Waals surface area contributed by atoms with E-state index in [-0.39, 0.29) is 13.2 Å². The van der Waals surface area contributed by atoms with E-state index < -0.39 is 6.09 Å². The molecule has 0 aliphatic rings. The number of aliphatic hydroxyl groups excluding tert-OH is 1. The number of alkyl carbamates (subject to hydrolysis) is 1. The van der Waals surface area contributed by atoms with Crippen LogP contribution in [0, 0.1) is 11.8 Å². The van der Waals surface area contributed by atoms with E-state index in [1.807, 2.05) is 54.6 Å². The first-order valence-corrected chi connectivity index (χ1v) is 8.41. The molecular formula is C21H23NO3. The Bertz CT molecular complexity index is 699. The number of ether oxygens (including phenoxy) is 1. The highest BCUT2D eigenvalue weighted by molar-refractivity contribution is 5.67. The summed E-state index contributed by atoms with van der Waals surface area (Å²) in [6.07, 6.45) is 1.78. The summed E-state index contributed by atoms with van der Waals surface area (Å²) in [7, 11) is 0. The molecule has 0 heterocycles. The Kier molecular flexibility index (Phi) is 8.10. The van der Waals surface area contributed by atoms with Gasteiger partial charge in [0, 0.05) is 25.1 Å². The van der Waals surface area contributed by atoms with E-state index in [2.05, 4.69) is 17.2 Å². The van der Waals surface area contributed by atoms with Crippen molar-refractivity contribution < 1.29 is 14.6 Å². The Morgan fingerprint density at radius 2 is 1.80 bits per heavy atom. The summed E-state index contributed by atoms with van der Waals surface area (Å²) >= 11 is 0. The summed E-state index contributed by atoms with van der Waals surface area (Å²) in [5, 5.41) is 11.5. The van der Waals surface area contributed by atoms with Crippen molar-refractivity contribution in [1.82, 2.24) is 5.32 Å². The Morgan fingerprint density at radius 1 is 1.04 bits per heavy atom. The molecule has 0 saturated carbocycles. The minimum Gasteiger partial charge on any atom is -0.445 e. The van der Waals surface area contributed by atoms with Crippen molar-refractivity contribution in [3.05, 3.63) is 71.3 Å². The number of aryl methyl sites for hydroxylation is 1. The van der Waals surface area contributed by atoms with Gasteiger partial charge in [0.2, 0.25) is 0 Å². The third-order valence-corrected chi connectivity index (χ3v) is 3.54. The van der Waals surface area contributed by atoms with Crippen LogP contribution in [0.4, 0.5) is 4.79 Å². The van der Waals surface area contributed by atoms with Gasteiger partial charge in [0.1, 0.15) is 6.61 Å². The van der Waals surface area contributed by atoms with Crippen LogP contribution in [0.3, 0.4) is 0 Å². The lowest BCUT2D eigenvalue weighted by atomic mass is 10.1. The predicted octanol–water partition coefficient (Wildman–Crippen LogP) is 3.28. The first-order chi connectivity index (χ1) is 12.3. The zero-order chi connectivity index (χ0) is 17.7. The molecule has 25 heavy (non-hydrogen) atoms. The van der Waals surface area contributed by atoms with Gasteiger partial charge in [-0.1, -0.05) is 54.3 Å². The third-order valence-electron chi connectivity index (χ3n) is 3.54.